The Balaban J connectivity index is 1.86. The summed E-state index contributed by atoms with van der Waals surface area (Å²) in [6.45, 7) is 0. The zero-order chi connectivity index (χ0) is 13.9. The van der Waals surface area contributed by atoms with Crippen LogP contribution in [0, 0.1) is 0 Å². The molecule has 1 N–H and O–H groups in total. The minimum atomic E-state index is -0.753. The lowest BCUT2D eigenvalue weighted by Crippen LogP contribution is -2.14. The maximum absolute atomic E-state index is 11.5. The van der Waals surface area contributed by atoms with Gasteiger partial charge in [-0.3, -0.25) is 4.79 Å². The molecule has 0 aliphatic heterocycles. The highest BCUT2D eigenvalue weighted by Crippen LogP contribution is 2.26. The molecule has 0 saturated carbocycles. The third-order valence-corrected chi connectivity index (χ3v) is 4.10. The molecule has 2 aromatic carbocycles. The molecule has 0 radical (unpaired) electrons. The molecule has 102 valence electrons. The summed E-state index contributed by atoms with van der Waals surface area (Å²) in [6.07, 6.45) is 4.08. The summed E-state index contributed by atoms with van der Waals surface area (Å²) < 4.78 is 0. The van der Waals surface area contributed by atoms with Crippen LogP contribution in [0.3, 0.4) is 0 Å². The van der Waals surface area contributed by atoms with Gasteiger partial charge in [-0.25, -0.2) is 0 Å². The first-order valence-electron chi connectivity index (χ1n) is 7.12. The number of rotatable bonds is 4. The van der Waals surface area contributed by atoms with Gasteiger partial charge in [-0.2, -0.15) is 0 Å². The molecular formula is C18H18O2. The molecule has 1 aliphatic carbocycles. The fourth-order valence-corrected chi connectivity index (χ4v) is 3.02. The SMILES string of the molecule is O=C(O)C(Cc1ccc2c(c1)CCC2)c1ccccc1. The van der Waals surface area contributed by atoms with Crippen molar-refractivity contribution in [3.05, 3.63) is 70.8 Å². The standard InChI is InChI=1S/C18H18O2/c19-18(20)17(15-5-2-1-3-6-15)12-13-9-10-14-7-4-8-16(14)11-13/h1-3,5-6,9-11,17H,4,7-8,12H2,(H,19,20). The predicted octanol–water partition coefficient (Wildman–Crippen LogP) is 3.59. The van der Waals surface area contributed by atoms with Crippen LogP contribution in [0.25, 0.3) is 0 Å². The normalized spacial score (nSPS) is 14.8. The molecule has 1 unspecified atom stereocenters. The smallest absolute Gasteiger partial charge is 0.311 e. The molecule has 1 atom stereocenters. The van der Waals surface area contributed by atoms with Crippen molar-refractivity contribution < 1.29 is 9.90 Å². The van der Waals surface area contributed by atoms with E-state index in [0.29, 0.717) is 6.42 Å². The fourth-order valence-electron chi connectivity index (χ4n) is 3.02. The quantitative estimate of drug-likeness (QED) is 0.918. The number of carboxylic acids is 1. The maximum Gasteiger partial charge on any atom is 0.311 e. The van der Waals surface area contributed by atoms with Gasteiger partial charge in [0.2, 0.25) is 0 Å². The van der Waals surface area contributed by atoms with Crippen molar-refractivity contribution in [1.82, 2.24) is 0 Å². The highest BCUT2D eigenvalue weighted by molar-refractivity contribution is 5.76. The van der Waals surface area contributed by atoms with Crippen molar-refractivity contribution in [2.75, 3.05) is 0 Å². The Kier molecular flexibility index (Phi) is 3.55. The Morgan fingerprint density at radius 3 is 2.55 bits per heavy atom. The van der Waals surface area contributed by atoms with Gasteiger partial charge >= 0.3 is 5.97 Å². The van der Waals surface area contributed by atoms with Gasteiger partial charge < -0.3 is 5.11 Å². The van der Waals surface area contributed by atoms with Crippen LogP contribution in [0.1, 0.15) is 34.6 Å². The number of hydrogen-bond donors (Lipinski definition) is 1. The van der Waals surface area contributed by atoms with Crippen molar-refractivity contribution >= 4 is 5.97 Å². The van der Waals surface area contributed by atoms with Crippen molar-refractivity contribution in [3.8, 4) is 0 Å². The number of fused-ring (bicyclic) bond motifs is 1. The topological polar surface area (TPSA) is 37.3 Å². The summed E-state index contributed by atoms with van der Waals surface area (Å²) in [4.78, 5) is 11.5. The summed E-state index contributed by atoms with van der Waals surface area (Å²) in [5, 5.41) is 9.48. The third-order valence-electron chi connectivity index (χ3n) is 4.10. The maximum atomic E-state index is 11.5. The van der Waals surface area contributed by atoms with E-state index in [1.54, 1.807) is 0 Å². The average molecular weight is 266 g/mol. The van der Waals surface area contributed by atoms with Crippen LogP contribution in [0.5, 0.6) is 0 Å². The molecule has 0 fully saturated rings. The largest absolute Gasteiger partial charge is 0.481 e. The molecule has 0 amide bonds. The van der Waals surface area contributed by atoms with E-state index in [2.05, 4.69) is 18.2 Å². The zero-order valence-corrected chi connectivity index (χ0v) is 11.4. The van der Waals surface area contributed by atoms with E-state index in [9.17, 15) is 9.90 Å². The Morgan fingerprint density at radius 1 is 1.05 bits per heavy atom. The first-order chi connectivity index (χ1) is 9.74. The Labute approximate surface area is 119 Å². The van der Waals surface area contributed by atoms with Gasteiger partial charge in [0.25, 0.3) is 0 Å². The predicted molar refractivity (Wildman–Crippen MR) is 79.0 cm³/mol. The molecule has 0 bridgehead atoms. The van der Waals surface area contributed by atoms with Crippen LogP contribution in [0.15, 0.2) is 48.5 Å². The van der Waals surface area contributed by atoms with Gasteiger partial charge in [0.1, 0.15) is 0 Å². The van der Waals surface area contributed by atoms with Crippen molar-refractivity contribution in [2.24, 2.45) is 0 Å². The van der Waals surface area contributed by atoms with Gasteiger partial charge in [0.05, 0.1) is 5.92 Å². The number of benzene rings is 2. The summed E-state index contributed by atoms with van der Waals surface area (Å²) in [5.41, 5.74) is 4.84. The second-order valence-electron chi connectivity index (χ2n) is 5.46. The van der Waals surface area contributed by atoms with Crippen LogP contribution < -0.4 is 0 Å². The average Bonchev–Trinajstić information content (AvgIpc) is 2.93. The minimum absolute atomic E-state index is 0.462. The number of carbonyl (C=O) groups is 1. The first-order valence-corrected chi connectivity index (χ1v) is 7.12. The Bertz CT molecular complexity index is 617. The molecule has 0 heterocycles. The van der Waals surface area contributed by atoms with Crippen LogP contribution >= 0.6 is 0 Å². The summed E-state index contributed by atoms with van der Waals surface area (Å²) in [7, 11) is 0. The second-order valence-corrected chi connectivity index (χ2v) is 5.46. The van der Waals surface area contributed by atoms with Crippen molar-refractivity contribution in [3.63, 3.8) is 0 Å². The van der Waals surface area contributed by atoms with Gasteiger partial charge in [-0.05, 0) is 47.9 Å². The highest BCUT2D eigenvalue weighted by atomic mass is 16.4. The number of aliphatic carboxylic acids is 1. The van der Waals surface area contributed by atoms with E-state index in [1.165, 1.54) is 17.5 Å². The molecular weight excluding hydrogens is 248 g/mol. The lowest BCUT2D eigenvalue weighted by Gasteiger charge is -2.13. The molecule has 0 aromatic heterocycles. The minimum Gasteiger partial charge on any atom is -0.481 e. The highest BCUT2D eigenvalue weighted by Gasteiger charge is 2.21. The molecule has 0 spiro atoms. The number of aryl methyl sites for hydroxylation is 2. The van der Waals surface area contributed by atoms with E-state index >= 15 is 0 Å². The van der Waals surface area contributed by atoms with Crippen LogP contribution in [-0.2, 0) is 24.1 Å². The van der Waals surface area contributed by atoms with Gasteiger partial charge in [0, 0.05) is 0 Å². The molecule has 0 saturated heterocycles. The van der Waals surface area contributed by atoms with Crippen LogP contribution in [0.2, 0.25) is 0 Å². The number of carboxylic acid groups (broad SMARTS) is 1. The lowest BCUT2D eigenvalue weighted by molar-refractivity contribution is -0.138. The lowest BCUT2D eigenvalue weighted by atomic mass is 9.91. The fraction of sp³-hybridized carbons (Fsp3) is 0.278. The van der Waals surface area contributed by atoms with E-state index in [0.717, 1.165) is 24.0 Å². The van der Waals surface area contributed by atoms with Crippen molar-refractivity contribution in [2.45, 2.75) is 31.6 Å². The molecule has 2 aromatic rings. The van der Waals surface area contributed by atoms with Crippen LogP contribution in [-0.4, -0.2) is 11.1 Å². The zero-order valence-electron chi connectivity index (χ0n) is 11.4. The monoisotopic (exact) mass is 266 g/mol. The van der Waals surface area contributed by atoms with E-state index in [1.807, 2.05) is 30.3 Å². The Morgan fingerprint density at radius 2 is 1.80 bits per heavy atom. The van der Waals surface area contributed by atoms with E-state index < -0.39 is 11.9 Å². The molecule has 1 aliphatic rings. The molecule has 3 rings (SSSR count). The van der Waals surface area contributed by atoms with Gasteiger partial charge in [-0.1, -0.05) is 48.5 Å². The first kappa shape index (κ1) is 12.9. The molecule has 2 nitrogen and oxygen atoms in total. The van der Waals surface area contributed by atoms with E-state index in [4.69, 9.17) is 0 Å². The third kappa shape index (κ3) is 2.60. The second kappa shape index (κ2) is 5.49. The Hall–Kier alpha value is -2.09. The van der Waals surface area contributed by atoms with Gasteiger partial charge in [-0.15, -0.1) is 0 Å². The number of hydrogen-bond acceptors (Lipinski definition) is 1. The summed E-state index contributed by atoms with van der Waals surface area (Å²) in [5.74, 6) is -1.22. The summed E-state index contributed by atoms with van der Waals surface area (Å²) >= 11 is 0. The summed E-state index contributed by atoms with van der Waals surface area (Å²) in [6, 6.07) is 15.9. The van der Waals surface area contributed by atoms with Crippen molar-refractivity contribution in [1.29, 1.82) is 0 Å². The molecule has 2 heteroatoms. The van der Waals surface area contributed by atoms with E-state index in [-0.39, 0.29) is 0 Å². The molecule has 20 heavy (non-hydrogen) atoms. The van der Waals surface area contributed by atoms with Gasteiger partial charge in [0.15, 0.2) is 0 Å². The van der Waals surface area contributed by atoms with Crippen LogP contribution in [0.4, 0.5) is 0 Å².